The van der Waals surface area contributed by atoms with E-state index in [1.165, 1.54) is 105 Å². The molecule has 59 heavy (non-hydrogen) atoms. The second-order valence-electron chi connectivity index (χ2n) is 16.8. The molecule has 5 aromatic carbocycles. The lowest BCUT2D eigenvalue weighted by Gasteiger charge is -2.36. The number of benzene rings is 5. The lowest BCUT2D eigenvalue weighted by molar-refractivity contribution is -0.154. The normalized spacial score (nSPS) is 17.1. The van der Waals surface area contributed by atoms with Crippen LogP contribution >= 0.6 is 11.6 Å². The van der Waals surface area contributed by atoms with Crippen LogP contribution in [0.1, 0.15) is 142 Å². The SMILES string of the molecule is C[C@H](CC(=O)OC(c1ccccc1)(c1ccc(C2CCCCCCCCCCCCC2)cc1)c1ccccc1Cl)N(C)C(=O)OCC1c2ccccc2-c2ccccc21. The van der Waals surface area contributed by atoms with Crippen molar-refractivity contribution >= 4 is 23.7 Å². The number of nitrogens with zero attached hydrogens (tertiary/aromatic N) is 1. The minimum atomic E-state index is -1.33. The van der Waals surface area contributed by atoms with E-state index in [1.54, 1.807) is 7.05 Å². The van der Waals surface area contributed by atoms with Crippen LogP contribution in [0.2, 0.25) is 5.02 Å². The predicted octanol–water partition coefficient (Wildman–Crippen LogP) is 14.0. The van der Waals surface area contributed by atoms with Gasteiger partial charge in [0.2, 0.25) is 0 Å². The number of hydrogen-bond acceptors (Lipinski definition) is 4. The molecule has 5 aromatic rings. The molecule has 1 saturated carbocycles. The van der Waals surface area contributed by atoms with E-state index >= 15 is 0 Å². The molecule has 1 fully saturated rings. The highest BCUT2D eigenvalue weighted by atomic mass is 35.5. The third kappa shape index (κ3) is 9.95. The summed E-state index contributed by atoms with van der Waals surface area (Å²) in [7, 11) is 1.68. The highest BCUT2D eigenvalue weighted by Gasteiger charge is 2.43. The van der Waals surface area contributed by atoms with Crippen molar-refractivity contribution in [1.29, 1.82) is 0 Å². The first-order valence-corrected chi connectivity index (χ1v) is 22.4. The molecular weight excluding hydrogens is 750 g/mol. The van der Waals surface area contributed by atoms with Crippen molar-refractivity contribution in [2.24, 2.45) is 0 Å². The fourth-order valence-electron chi connectivity index (χ4n) is 9.38. The van der Waals surface area contributed by atoms with E-state index in [1.807, 2.05) is 85.8 Å². The Bertz CT molecular complexity index is 2070. The van der Waals surface area contributed by atoms with Crippen molar-refractivity contribution < 1.29 is 19.1 Å². The van der Waals surface area contributed by atoms with Gasteiger partial charge in [0.25, 0.3) is 0 Å². The number of rotatable bonds is 10. The molecule has 2 aliphatic rings. The summed E-state index contributed by atoms with van der Waals surface area (Å²) in [5, 5.41) is 0.503. The molecule has 0 aliphatic heterocycles. The van der Waals surface area contributed by atoms with E-state index in [-0.39, 0.29) is 18.9 Å². The van der Waals surface area contributed by atoms with Crippen LogP contribution in [0.3, 0.4) is 0 Å². The first-order chi connectivity index (χ1) is 28.9. The molecule has 0 radical (unpaired) electrons. The second kappa shape index (κ2) is 20.4. The van der Waals surface area contributed by atoms with E-state index in [0.29, 0.717) is 16.5 Å². The van der Waals surface area contributed by atoms with Gasteiger partial charge in [-0.05, 0) is 59.6 Å². The molecule has 0 heterocycles. The summed E-state index contributed by atoms with van der Waals surface area (Å²) in [6, 6.07) is 42.3. The number of halogens is 1. The van der Waals surface area contributed by atoms with Gasteiger partial charge in [0.05, 0.1) is 6.42 Å². The molecule has 1 unspecified atom stereocenters. The summed E-state index contributed by atoms with van der Waals surface area (Å²) in [6.45, 7) is 2.05. The van der Waals surface area contributed by atoms with Gasteiger partial charge in [0.1, 0.15) is 6.61 Å². The maximum atomic E-state index is 14.4. The zero-order chi connectivity index (χ0) is 41.0. The van der Waals surface area contributed by atoms with Crippen LogP contribution in [0, 0.1) is 0 Å². The van der Waals surface area contributed by atoms with Gasteiger partial charge in [0.15, 0.2) is 5.60 Å². The zero-order valence-electron chi connectivity index (χ0n) is 34.9. The highest BCUT2D eigenvalue weighted by molar-refractivity contribution is 6.31. The maximum absolute atomic E-state index is 14.4. The van der Waals surface area contributed by atoms with Crippen LogP contribution in [0.4, 0.5) is 4.79 Å². The fourth-order valence-corrected chi connectivity index (χ4v) is 9.65. The van der Waals surface area contributed by atoms with E-state index in [9.17, 15) is 9.59 Å². The molecule has 0 saturated heterocycles. The average Bonchev–Trinajstić information content (AvgIpc) is 3.59. The van der Waals surface area contributed by atoms with Gasteiger partial charge in [0, 0.05) is 40.7 Å². The van der Waals surface area contributed by atoms with Gasteiger partial charge in [-0.15, -0.1) is 0 Å². The van der Waals surface area contributed by atoms with Gasteiger partial charge in [-0.3, -0.25) is 4.79 Å². The van der Waals surface area contributed by atoms with Crippen LogP contribution in [0.15, 0.2) is 127 Å². The Morgan fingerprint density at radius 2 is 1.14 bits per heavy atom. The number of amides is 1. The molecule has 308 valence electrons. The van der Waals surface area contributed by atoms with Gasteiger partial charge in [-0.2, -0.15) is 0 Å². The predicted molar refractivity (Wildman–Crippen MR) is 240 cm³/mol. The van der Waals surface area contributed by atoms with E-state index in [4.69, 9.17) is 21.1 Å². The van der Waals surface area contributed by atoms with Crippen LogP contribution in [-0.4, -0.2) is 36.7 Å². The number of esters is 1. The van der Waals surface area contributed by atoms with E-state index in [0.717, 1.165) is 22.3 Å². The molecule has 0 N–H and O–H groups in total. The molecule has 1 amide bonds. The van der Waals surface area contributed by atoms with Crippen molar-refractivity contribution in [2.45, 2.75) is 120 Å². The van der Waals surface area contributed by atoms with Crippen molar-refractivity contribution in [3.05, 3.63) is 166 Å². The Labute approximate surface area is 357 Å². The van der Waals surface area contributed by atoms with Crippen molar-refractivity contribution in [3.63, 3.8) is 0 Å². The largest absolute Gasteiger partial charge is 0.448 e. The number of fused-ring (bicyclic) bond motifs is 3. The topological polar surface area (TPSA) is 55.8 Å². The Hall–Kier alpha value is -4.87. The number of hydrogen-bond donors (Lipinski definition) is 0. The molecule has 7 rings (SSSR count). The number of carbonyl (C=O) groups is 2. The van der Waals surface area contributed by atoms with E-state index < -0.39 is 23.7 Å². The monoisotopic (exact) mass is 809 g/mol. The summed E-state index contributed by atoms with van der Waals surface area (Å²) in [6.07, 6.45) is 16.4. The minimum absolute atomic E-state index is 0.0418. The fraction of sp³-hybridized carbons (Fsp3) is 0.396. The Kier molecular flexibility index (Phi) is 14.6. The lowest BCUT2D eigenvalue weighted by Crippen LogP contribution is -2.40. The Morgan fingerprint density at radius 1 is 0.644 bits per heavy atom. The van der Waals surface area contributed by atoms with Gasteiger partial charge in [-0.1, -0.05) is 204 Å². The standard InChI is InChI=1S/C53H60ClNO4/c1-39(55(2)52(57)58-38-48-46-29-19-17-27-44(46)45-28-18-20-30-47(45)48)37-51(56)59-53(42-25-15-12-16-26-42,49-31-21-22-32-50(49)54)43-35-33-41(34-36-43)40-23-13-10-8-6-4-3-5-7-9-11-14-24-40/h12,15-22,25-36,39-40,48H,3-11,13-14,23-24,37-38H2,1-2H3/t39-,53?/m1/s1. The molecule has 2 atom stereocenters. The first kappa shape index (κ1) is 42.3. The smallest absolute Gasteiger partial charge is 0.409 e. The summed E-state index contributed by atoms with van der Waals surface area (Å²) in [4.78, 5) is 29.4. The van der Waals surface area contributed by atoms with Crippen LogP contribution in [0.5, 0.6) is 0 Å². The average molecular weight is 811 g/mol. The summed E-state index contributed by atoms with van der Waals surface area (Å²) >= 11 is 7.04. The molecule has 0 aromatic heterocycles. The highest BCUT2D eigenvalue weighted by Crippen LogP contribution is 2.46. The lowest BCUT2D eigenvalue weighted by atomic mass is 9.78. The van der Waals surface area contributed by atoms with Crippen molar-refractivity contribution in [3.8, 4) is 11.1 Å². The minimum Gasteiger partial charge on any atom is -0.448 e. The summed E-state index contributed by atoms with van der Waals surface area (Å²) in [5.41, 5.74) is 6.96. The molecule has 6 heteroatoms. The van der Waals surface area contributed by atoms with E-state index in [2.05, 4.69) is 48.5 Å². The summed E-state index contributed by atoms with van der Waals surface area (Å²) < 4.78 is 12.8. The molecule has 0 spiro atoms. The quantitative estimate of drug-likeness (QED) is 0.104. The molecule has 5 nitrogen and oxygen atoms in total. The van der Waals surface area contributed by atoms with Gasteiger partial charge >= 0.3 is 12.1 Å². The van der Waals surface area contributed by atoms with Crippen molar-refractivity contribution in [1.82, 2.24) is 4.90 Å². The second-order valence-corrected chi connectivity index (χ2v) is 17.2. The third-order valence-electron chi connectivity index (χ3n) is 12.8. The number of carbonyl (C=O) groups excluding carboxylic acids is 2. The van der Waals surface area contributed by atoms with Gasteiger partial charge < -0.3 is 14.4 Å². The Morgan fingerprint density at radius 3 is 1.71 bits per heavy atom. The number of ether oxygens (including phenoxy) is 2. The first-order valence-electron chi connectivity index (χ1n) is 22.1. The van der Waals surface area contributed by atoms with Crippen LogP contribution in [0.25, 0.3) is 11.1 Å². The Balaban J connectivity index is 1.11. The van der Waals surface area contributed by atoms with Gasteiger partial charge in [-0.25, -0.2) is 4.79 Å². The maximum Gasteiger partial charge on any atom is 0.409 e. The third-order valence-corrected chi connectivity index (χ3v) is 13.2. The zero-order valence-corrected chi connectivity index (χ0v) is 35.7. The van der Waals surface area contributed by atoms with Crippen LogP contribution in [-0.2, 0) is 19.9 Å². The van der Waals surface area contributed by atoms with Crippen molar-refractivity contribution in [2.75, 3.05) is 13.7 Å². The molecular formula is C53H60ClNO4. The molecule has 2 aliphatic carbocycles. The summed E-state index contributed by atoms with van der Waals surface area (Å²) in [5.74, 6) is -0.0112. The molecule has 0 bridgehead atoms. The van der Waals surface area contributed by atoms with Crippen LogP contribution < -0.4 is 0 Å².